The number of nitrogens with two attached hydrogens (primary N) is 1. The maximum absolute atomic E-state index is 12.9. The summed E-state index contributed by atoms with van der Waals surface area (Å²) in [5, 5.41) is 23.8. The molecule has 13 nitrogen and oxygen atoms in total. The second kappa shape index (κ2) is 22.7. The van der Waals surface area contributed by atoms with Gasteiger partial charge in [-0.2, -0.15) is 0 Å². The van der Waals surface area contributed by atoms with Crippen molar-refractivity contribution in [2.75, 3.05) is 13.2 Å². The van der Waals surface area contributed by atoms with Gasteiger partial charge in [-0.05, 0) is 43.9 Å². The second-order valence-corrected chi connectivity index (χ2v) is 11.9. The third-order valence-corrected chi connectivity index (χ3v) is 7.12. The zero-order chi connectivity index (χ0) is 36.1. The quantitative estimate of drug-likeness (QED) is 0.0644. The topological polar surface area (TPSA) is 201 Å². The molecule has 0 spiro atoms. The summed E-state index contributed by atoms with van der Waals surface area (Å²) in [6, 6.07) is 6.13. The maximum atomic E-state index is 12.9. The van der Waals surface area contributed by atoms with E-state index in [0.717, 1.165) is 18.4 Å². The number of carboxylic acid groups (broad SMARTS) is 1. The standard InChI is InChI=1S/C31H44FN5O7.C3H7N/c1-4-5-11-26(37-30(42)20(2)19-44-34-16-23-12-24(32)13-23)21(3)33-17-28(39)36-27(15-29(40)41)31(43)35-25(18-38)14-22-9-7-6-8-10-22;1-3(2)4/h6-10,16,18,20,23-27,33H,3-5,11-15,17,19H2,1-2H3,(H,35,43)(H,36,39)(H,37,42)(H,40,41);1,4H2,2H3/b34-16+;. The molecule has 1 saturated carbocycles. The summed E-state index contributed by atoms with van der Waals surface area (Å²) in [4.78, 5) is 66.5. The molecule has 3 amide bonds. The Hall–Kier alpha value is -4.75. The van der Waals surface area contributed by atoms with Gasteiger partial charge < -0.3 is 41.7 Å². The summed E-state index contributed by atoms with van der Waals surface area (Å²) in [7, 11) is 0. The van der Waals surface area contributed by atoms with Crippen LogP contribution in [0.1, 0.15) is 64.9 Å². The van der Waals surface area contributed by atoms with Crippen molar-refractivity contribution in [3.63, 3.8) is 0 Å². The number of benzene rings is 1. The Morgan fingerprint density at radius 3 is 2.31 bits per heavy atom. The molecule has 266 valence electrons. The minimum atomic E-state index is -1.42. The number of nitrogens with one attached hydrogen (secondary N) is 4. The molecule has 4 atom stereocenters. The molecule has 7 N–H and O–H groups in total. The number of rotatable bonds is 21. The molecule has 1 aromatic carbocycles. The average molecular weight is 675 g/mol. The van der Waals surface area contributed by atoms with Gasteiger partial charge in [0.05, 0.1) is 31.0 Å². The van der Waals surface area contributed by atoms with Crippen LogP contribution in [-0.2, 0) is 35.2 Å². The lowest BCUT2D eigenvalue weighted by Gasteiger charge is -2.25. The number of alkyl halides is 1. The van der Waals surface area contributed by atoms with E-state index in [2.05, 4.69) is 39.6 Å². The van der Waals surface area contributed by atoms with E-state index in [1.165, 1.54) is 0 Å². The molecule has 0 bridgehead atoms. The van der Waals surface area contributed by atoms with Gasteiger partial charge in [-0.3, -0.25) is 19.2 Å². The molecule has 4 unspecified atom stereocenters. The first-order valence-electron chi connectivity index (χ1n) is 16.0. The number of hydrogen-bond acceptors (Lipinski definition) is 9. The molecule has 0 saturated heterocycles. The molecule has 0 heterocycles. The Balaban J connectivity index is 0.00000272. The van der Waals surface area contributed by atoms with Gasteiger partial charge >= 0.3 is 5.97 Å². The van der Waals surface area contributed by atoms with Gasteiger partial charge in [0.15, 0.2) is 0 Å². The van der Waals surface area contributed by atoms with Crippen LogP contribution in [0.4, 0.5) is 4.39 Å². The molecule has 14 heteroatoms. The maximum Gasteiger partial charge on any atom is 0.305 e. The highest BCUT2D eigenvalue weighted by Crippen LogP contribution is 2.28. The van der Waals surface area contributed by atoms with Crippen molar-refractivity contribution in [3.8, 4) is 0 Å². The van der Waals surface area contributed by atoms with Crippen LogP contribution in [0.5, 0.6) is 0 Å². The Bertz CT molecular complexity index is 1240. The third-order valence-electron chi connectivity index (χ3n) is 7.12. The Morgan fingerprint density at radius 1 is 1.10 bits per heavy atom. The number of carbonyl (C=O) groups excluding carboxylic acids is 4. The minimum absolute atomic E-state index is 0.0280. The summed E-state index contributed by atoms with van der Waals surface area (Å²) in [5.74, 6) is -3.59. The van der Waals surface area contributed by atoms with Crippen molar-refractivity contribution < 1.29 is 38.3 Å². The Labute approximate surface area is 282 Å². The summed E-state index contributed by atoms with van der Waals surface area (Å²) >= 11 is 0. The third kappa shape index (κ3) is 17.8. The first-order valence-corrected chi connectivity index (χ1v) is 16.0. The van der Waals surface area contributed by atoms with E-state index in [0.29, 0.717) is 36.9 Å². The first kappa shape index (κ1) is 41.3. The fraction of sp³-hybridized carbons (Fsp3) is 0.529. The lowest BCUT2D eigenvalue weighted by atomic mass is 9.85. The van der Waals surface area contributed by atoms with E-state index < -0.39 is 54.4 Å². The number of carbonyl (C=O) groups is 5. The normalized spacial score (nSPS) is 17.5. The van der Waals surface area contributed by atoms with Gasteiger partial charge in [-0.25, -0.2) is 4.39 Å². The Kier molecular flexibility index (Phi) is 19.5. The van der Waals surface area contributed by atoms with Crippen LogP contribution in [0.25, 0.3) is 0 Å². The summed E-state index contributed by atoms with van der Waals surface area (Å²) in [6.07, 6.45) is 3.86. The molecular formula is C34H51FN6O7. The van der Waals surface area contributed by atoms with Gasteiger partial charge in [0.25, 0.3) is 0 Å². The highest BCUT2D eigenvalue weighted by Gasteiger charge is 2.28. The number of halogens is 1. The number of aldehydes is 1. The highest BCUT2D eigenvalue weighted by molar-refractivity contribution is 5.92. The van der Waals surface area contributed by atoms with E-state index in [-0.39, 0.29) is 31.4 Å². The van der Waals surface area contributed by atoms with Crippen LogP contribution in [0, 0.1) is 11.8 Å². The van der Waals surface area contributed by atoms with E-state index in [1.807, 2.05) is 13.0 Å². The number of amides is 3. The number of hydrogen-bond donors (Lipinski definition) is 6. The zero-order valence-corrected chi connectivity index (χ0v) is 28.1. The molecule has 1 fully saturated rings. The summed E-state index contributed by atoms with van der Waals surface area (Å²) < 4.78 is 12.9. The molecular weight excluding hydrogens is 623 g/mol. The van der Waals surface area contributed by atoms with Crippen molar-refractivity contribution in [2.45, 2.75) is 90.0 Å². The van der Waals surface area contributed by atoms with Crippen LogP contribution < -0.4 is 27.0 Å². The van der Waals surface area contributed by atoms with Crippen LogP contribution in [-0.4, -0.2) is 78.7 Å². The van der Waals surface area contributed by atoms with Crippen molar-refractivity contribution >= 4 is 36.2 Å². The molecule has 0 aliphatic heterocycles. The molecule has 1 aliphatic carbocycles. The number of carboxylic acids is 1. The van der Waals surface area contributed by atoms with Gasteiger partial charge in [0, 0.05) is 17.8 Å². The molecule has 0 radical (unpaired) electrons. The first-order chi connectivity index (χ1) is 22.7. The van der Waals surface area contributed by atoms with Crippen LogP contribution in [0.2, 0.25) is 0 Å². The van der Waals surface area contributed by atoms with Crippen molar-refractivity contribution in [1.29, 1.82) is 0 Å². The van der Waals surface area contributed by atoms with Crippen LogP contribution in [0.15, 0.2) is 60.0 Å². The monoisotopic (exact) mass is 674 g/mol. The lowest BCUT2D eigenvalue weighted by Crippen LogP contribution is -2.53. The number of unbranched alkanes of at least 4 members (excludes halogenated alkanes) is 1. The largest absolute Gasteiger partial charge is 0.481 e. The number of nitrogens with zero attached hydrogens (tertiary/aromatic N) is 1. The van der Waals surface area contributed by atoms with Crippen molar-refractivity contribution in [3.05, 3.63) is 60.4 Å². The molecule has 1 aliphatic rings. The molecule has 2 rings (SSSR count). The lowest BCUT2D eigenvalue weighted by molar-refractivity contribution is -0.140. The van der Waals surface area contributed by atoms with Gasteiger partial charge in [0.1, 0.15) is 25.1 Å². The van der Waals surface area contributed by atoms with Gasteiger partial charge in [-0.15, -0.1) is 0 Å². The highest BCUT2D eigenvalue weighted by atomic mass is 19.1. The van der Waals surface area contributed by atoms with Crippen molar-refractivity contribution in [2.24, 2.45) is 22.7 Å². The smallest absolute Gasteiger partial charge is 0.305 e. The molecule has 1 aromatic rings. The van der Waals surface area contributed by atoms with Gasteiger partial charge in [-0.1, -0.05) is 75.3 Å². The summed E-state index contributed by atoms with van der Waals surface area (Å²) in [6.45, 7) is 12.4. The SMILES string of the molecule is C=C(C)N.C=C(NCC(=O)NC(CC(=O)O)C(=O)NC(C=O)Cc1ccccc1)C(CCCC)NC(=O)C(C)CO/N=C/C1CC(F)C1. The van der Waals surface area contributed by atoms with Crippen LogP contribution >= 0.6 is 0 Å². The number of allylic oxidation sites excluding steroid dienone is 1. The van der Waals surface area contributed by atoms with Crippen LogP contribution in [0.3, 0.4) is 0 Å². The minimum Gasteiger partial charge on any atom is -0.481 e. The fourth-order valence-corrected chi connectivity index (χ4v) is 4.36. The van der Waals surface area contributed by atoms with Gasteiger partial charge in [0.2, 0.25) is 17.7 Å². The Morgan fingerprint density at radius 2 is 1.75 bits per heavy atom. The van der Waals surface area contributed by atoms with E-state index in [4.69, 9.17) is 10.6 Å². The second-order valence-electron chi connectivity index (χ2n) is 11.9. The number of oxime groups is 1. The van der Waals surface area contributed by atoms with Crippen molar-refractivity contribution in [1.82, 2.24) is 21.3 Å². The number of aliphatic carboxylic acids is 1. The fourth-order valence-electron chi connectivity index (χ4n) is 4.36. The van der Waals surface area contributed by atoms with E-state index in [9.17, 15) is 33.5 Å². The predicted octanol–water partition coefficient (Wildman–Crippen LogP) is 2.52. The zero-order valence-electron chi connectivity index (χ0n) is 28.1. The summed E-state index contributed by atoms with van der Waals surface area (Å²) in [5.41, 5.74) is 6.75. The predicted molar refractivity (Wildman–Crippen MR) is 181 cm³/mol. The molecule has 48 heavy (non-hydrogen) atoms. The van der Waals surface area contributed by atoms with E-state index >= 15 is 0 Å². The van der Waals surface area contributed by atoms with E-state index in [1.54, 1.807) is 44.3 Å². The molecule has 0 aromatic heterocycles. The average Bonchev–Trinajstić information content (AvgIpc) is 3.01.